The van der Waals surface area contributed by atoms with Gasteiger partial charge in [0.2, 0.25) is 0 Å². The number of hydrogen-bond acceptors (Lipinski definition) is 4. The summed E-state index contributed by atoms with van der Waals surface area (Å²) in [5.74, 6) is 0.887. The second-order valence-corrected chi connectivity index (χ2v) is 4.53. The zero-order valence-corrected chi connectivity index (χ0v) is 9.90. The van der Waals surface area contributed by atoms with Crippen LogP contribution in [-0.4, -0.2) is 24.4 Å². The maximum atomic E-state index is 5.79. The first-order valence-corrected chi connectivity index (χ1v) is 6.05. The summed E-state index contributed by atoms with van der Waals surface area (Å²) in [7, 11) is 0. The van der Waals surface area contributed by atoms with Gasteiger partial charge in [-0.1, -0.05) is 5.16 Å². The molecule has 1 aliphatic heterocycles. The van der Waals surface area contributed by atoms with Gasteiger partial charge in [-0.15, -0.1) is 0 Å². The lowest BCUT2D eigenvalue weighted by atomic mass is 10.2. The van der Waals surface area contributed by atoms with E-state index in [1.165, 1.54) is 12.8 Å². The fraction of sp³-hybridized carbons (Fsp3) is 0.462. The SMILES string of the molecule is Cc1noc2ccc(OCC3CCCN3)cc12. The van der Waals surface area contributed by atoms with Gasteiger partial charge >= 0.3 is 0 Å². The predicted octanol–water partition coefficient (Wildman–Crippen LogP) is 2.27. The van der Waals surface area contributed by atoms with E-state index in [9.17, 15) is 0 Å². The molecule has 17 heavy (non-hydrogen) atoms. The summed E-state index contributed by atoms with van der Waals surface area (Å²) in [5, 5.41) is 8.38. The number of nitrogens with one attached hydrogen (secondary N) is 1. The van der Waals surface area contributed by atoms with Crippen LogP contribution in [0, 0.1) is 6.92 Å². The number of benzene rings is 1. The first-order valence-electron chi connectivity index (χ1n) is 6.05. The van der Waals surface area contributed by atoms with Crippen LogP contribution in [0.15, 0.2) is 22.7 Å². The molecule has 2 aromatic rings. The minimum atomic E-state index is 0.495. The molecule has 0 saturated carbocycles. The third-order valence-electron chi connectivity index (χ3n) is 3.24. The first kappa shape index (κ1) is 10.6. The fourth-order valence-electron chi connectivity index (χ4n) is 2.22. The highest BCUT2D eigenvalue weighted by Crippen LogP contribution is 2.23. The summed E-state index contributed by atoms with van der Waals surface area (Å²) < 4.78 is 11.0. The largest absolute Gasteiger partial charge is 0.492 e. The van der Waals surface area contributed by atoms with Crippen molar-refractivity contribution >= 4 is 11.0 Å². The summed E-state index contributed by atoms with van der Waals surface area (Å²) >= 11 is 0. The number of rotatable bonds is 3. The average molecular weight is 232 g/mol. The molecule has 1 fully saturated rings. The van der Waals surface area contributed by atoms with Gasteiger partial charge in [-0.2, -0.15) is 0 Å². The molecule has 0 amide bonds. The van der Waals surface area contributed by atoms with Gasteiger partial charge in [0, 0.05) is 11.4 Å². The van der Waals surface area contributed by atoms with Crippen LogP contribution in [0.1, 0.15) is 18.5 Å². The van der Waals surface area contributed by atoms with E-state index in [-0.39, 0.29) is 0 Å². The Labute approximate surface area is 99.9 Å². The van der Waals surface area contributed by atoms with Crippen molar-refractivity contribution in [3.63, 3.8) is 0 Å². The lowest BCUT2D eigenvalue weighted by molar-refractivity contribution is 0.277. The average Bonchev–Trinajstić information content (AvgIpc) is 2.97. The molecule has 3 rings (SSSR count). The van der Waals surface area contributed by atoms with Crippen LogP contribution in [-0.2, 0) is 0 Å². The van der Waals surface area contributed by atoms with Crippen LogP contribution in [0.25, 0.3) is 11.0 Å². The highest BCUT2D eigenvalue weighted by atomic mass is 16.5. The van der Waals surface area contributed by atoms with Gasteiger partial charge in [-0.25, -0.2) is 0 Å². The third-order valence-corrected chi connectivity index (χ3v) is 3.24. The molecule has 1 saturated heterocycles. The standard InChI is InChI=1S/C13H16N2O2/c1-9-12-7-11(4-5-13(12)17-15-9)16-8-10-3-2-6-14-10/h4-5,7,10,14H,2-3,6,8H2,1H3. The van der Waals surface area contributed by atoms with Gasteiger partial charge in [0.25, 0.3) is 0 Å². The minimum Gasteiger partial charge on any atom is -0.492 e. The number of nitrogens with zero attached hydrogens (tertiary/aromatic N) is 1. The smallest absolute Gasteiger partial charge is 0.167 e. The van der Waals surface area contributed by atoms with Crippen molar-refractivity contribution < 1.29 is 9.26 Å². The van der Waals surface area contributed by atoms with Crippen LogP contribution in [0.3, 0.4) is 0 Å². The van der Waals surface area contributed by atoms with Crippen molar-refractivity contribution in [3.8, 4) is 5.75 Å². The summed E-state index contributed by atoms with van der Waals surface area (Å²) in [4.78, 5) is 0. The zero-order valence-electron chi connectivity index (χ0n) is 9.90. The molecule has 4 heteroatoms. The molecule has 0 aliphatic carbocycles. The van der Waals surface area contributed by atoms with E-state index in [1.807, 2.05) is 25.1 Å². The molecule has 0 radical (unpaired) electrons. The van der Waals surface area contributed by atoms with E-state index >= 15 is 0 Å². The molecule has 90 valence electrons. The molecule has 1 unspecified atom stereocenters. The van der Waals surface area contributed by atoms with Crippen molar-refractivity contribution in [1.29, 1.82) is 0 Å². The Hall–Kier alpha value is -1.55. The van der Waals surface area contributed by atoms with E-state index in [1.54, 1.807) is 0 Å². The molecular weight excluding hydrogens is 216 g/mol. The lowest BCUT2D eigenvalue weighted by Crippen LogP contribution is -2.28. The van der Waals surface area contributed by atoms with E-state index < -0.39 is 0 Å². The third kappa shape index (κ3) is 2.13. The minimum absolute atomic E-state index is 0.495. The van der Waals surface area contributed by atoms with Gasteiger partial charge in [0.15, 0.2) is 5.58 Å². The molecule has 1 atom stereocenters. The van der Waals surface area contributed by atoms with Crippen LogP contribution in [0.4, 0.5) is 0 Å². The Kier molecular flexibility index (Phi) is 2.73. The summed E-state index contributed by atoms with van der Waals surface area (Å²) in [6.45, 7) is 3.78. The monoisotopic (exact) mass is 232 g/mol. The fourth-order valence-corrected chi connectivity index (χ4v) is 2.22. The quantitative estimate of drug-likeness (QED) is 0.881. The Balaban J connectivity index is 1.73. The maximum Gasteiger partial charge on any atom is 0.167 e. The van der Waals surface area contributed by atoms with E-state index in [4.69, 9.17) is 9.26 Å². The lowest BCUT2D eigenvalue weighted by Gasteiger charge is -2.11. The van der Waals surface area contributed by atoms with Crippen molar-refractivity contribution in [2.45, 2.75) is 25.8 Å². The molecule has 1 aromatic heterocycles. The van der Waals surface area contributed by atoms with Crippen LogP contribution >= 0.6 is 0 Å². The van der Waals surface area contributed by atoms with Crippen LogP contribution in [0.5, 0.6) is 5.75 Å². The second-order valence-electron chi connectivity index (χ2n) is 4.53. The van der Waals surface area contributed by atoms with E-state index in [0.717, 1.165) is 35.6 Å². The van der Waals surface area contributed by atoms with Crippen LogP contribution < -0.4 is 10.1 Å². The van der Waals surface area contributed by atoms with Gasteiger partial charge in [-0.05, 0) is 44.5 Å². The zero-order chi connectivity index (χ0) is 11.7. The van der Waals surface area contributed by atoms with Gasteiger partial charge in [0.05, 0.1) is 5.69 Å². The summed E-state index contributed by atoms with van der Waals surface area (Å²) in [6.07, 6.45) is 2.45. The highest BCUT2D eigenvalue weighted by molar-refractivity contribution is 5.80. The number of aryl methyl sites for hydroxylation is 1. The molecule has 0 spiro atoms. The van der Waals surface area contributed by atoms with E-state index in [0.29, 0.717) is 6.04 Å². The van der Waals surface area contributed by atoms with Crippen molar-refractivity contribution in [1.82, 2.24) is 10.5 Å². The molecule has 2 heterocycles. The van der Waals surface area contributed by atoms with Gasteiger partial charge in [0.1, 0.15) is 12.4 Å². The number of fused-ring (bicyclic) bond motifs is 1. The van der Waals surface area contributed by atoms with Crippen molar-refractivity contribution in [3.05, 3.63) is 23.9 Å². The topological polar surface area (TPSA) is 47.3 Å². The van der Waals surface area contributed by atoms with E-state index in [2.05, 4.69) is 10.5 Å². The number of hydrogen-bond donors (Lipinski definition) is 1. The van der Waals surface area contributed by atoms with Gasteiger partial charge in [-0.3, -0.25) is 0 Å². The molecule has 1 aromatic carbocycles. The molecule has 0 bridgehead atoms. The Morgan fingerprint density at radius 2 is 2.47 bits per heavy atom. The molecular formula is C13H16N2O2. The predicted molar refractivity (Wildman–Crippen MR) is 65.3 cm³/mol. The molecule has 4 nitrogen and oxygen atoms in total. The Morgan fingerprint density at radius 3 is 3.29 bits per heavy atom. The number of aromatic nitrogens is 1. The van der Waals surface area contributed by atoms with Gasteiger partial charge < -0.3 is 14.6 Å². The van der Waals surface area contributed by atoms with Crippen molar-refractivity contribution in [2.24, 2.45) is 0 Å². The Morgan fingerprint density at radius 1 is 1.53 bits per heavy atom. The normalized spacial score (nSPS) is 19.9. The Bertz CT molecular complexity index is 515. The van der Waals surface area contributed by atoms with Crippen LogP contribution in [0.2, 0.25) is 0 Å². The maximum absolute atomic E-state index is 5.79. The number of ether oxygens (including phenoxy) is 1. The molecule has 1 aliphatic rings. The first-order chi connectivity index (χ1) is 8.33. The second kappa shape index (κ2) is 4.37. The molecule has 1 N–H and O–H groups in total. The highest BCUT2D eigenvalue weighted by Gasteiger charge is 2.14. The summed E-state index contributed by atoms with van der Waals surface area (Å²) in [6, 6.07) is 6.33. The summed E-state index contributed by atoms with van der Waals surface area (Å²) in [5.41, 5.74) is 1.72. The van der Waals surface area contributed by atoms with Crippen molar-refractivity contribution in [2.75, 3.05) is 13.2 Å².